The molecule has 24 heavy (non-hydrogen) atoms. The average molecular weight is 358 g/mol. The van der Waals surface area contributed by atoms with Crippen molar-refractivity contribution in [1.82, 2.24) is 0 Å². The van der Waals surface area contributed by atoms with E-state index in [2.05, 4.69) is 5.32 Å². The number of hydrogen-bond acceptors (Lipinski definition) is 3. The number of anilines is 1. The zero-order valence-corrected chi connectivity index (χ0v) is 12.5. The van der Waals surface area contributed by atoms with Gasteiger partial charge in [-0.05, 0) is 18.2 Å². The maximum Gasteiger partial charge on any atom is 0.234 e. The summed E-state index contributed by atoms with van der Waals surface area (Å²) >= 11 is 0.174. The monoisotopic (exact) mass is 358 g/mol. The maximum atomic E-state index is 13.5. The summed E-state index contributed by atoms with van der Waals surface area (Å²) in [6.45, 7) is 0. The Kier molecular flexibility index (Phi) is 5.41. The highest BCUT2D eigenvalue weighted by Gasteiger charge is 2.26. The fourth-order valence-corrected chi connectivity index (χ4v) is 2.49. The summed E-state index contributed by atoms with van der Waals surface area (Å²) in [7, 11) is 0. The molecule has 0 aliphatic rings. The second kappa shape index (κ2) is 7.31. The molecule has 0 spiro atoms. The predicted octanol–water partition coefficient (Wildman–Crippen LogP) is 3.98. The molecule has 1 amide bonds. The summed E-state index contributed by atoms with van der Waals surface area (Å²) in [5.41, 5.74) is 0.539. The molecule has 0 aromatic heterocycles. The third kappa shape index (κ3) is 3.65. The summed E-state index contributed by atoms with van der Waals surface area (Å²) in [5, 5.41) is 11.1. The number of nitrogens with zero attached hydrogens (tertiary/aromatic N) is 1. The number of halogens is 5. The van der Waals surface area contributed by atoms with Crippen molar-refractivity contribution in [3.8, 4) is 6.07 Å². The van der Waals surface area contributed by atoms with Crippen LogP contribution in [0.2, 0.25) is 0 Å². The van der Waals surface area contributed by atoms with Gasteiger partial charge in [-0.1, -0.05) is 6.07 Å². The SMILES string of the molecule is N#Cc1cccc(NC(=O)CSc2c(F)c(F)c(F)c(F)c2F)c1. The van der Waals surface area contributed by atoms with Gasteiger partial charge in [0.25, 0.3) is 0 Å². The Balaban J connectivity index is 2.11. The number of nitriles is 1. The number of hydrogen-bond donors (Lipinski definition) is 1. The summed E-state index contributed by atoms with van der Waals surface area (Å²) in [6, 6.07) is 7.70. The largest absolute Gasteiger partial charge is 0.325 e. The summed E-state index contributed by atoms with van der Waals surface area (Å²) < 4.78 is 66.0. The normalized spacial score (nSPS) is 10.3. The highest BCUT2D eigenvalue weighted by atomic mass is 32.2. The quantitative estimate of drug-likeness (QED) is 0.389. The zero-order chi connectivity index (χ0) is 17.9. The molecule has 0 saturated carbocycles. The van der Waals surface area contributed by atoms with Gasteiger partial charge in [0.15, 0.2) is 23.3 Å². The van der Waals surface area contributed by atoms with Crippen molar-refractivity contribution in [2.24, 2.45) is 0 Å². The lowest BCUT2D eigenvalue weighted by molar-refractivity contribution is -0.113. The van der Waals surface area contributed by atoms with Gasteiger partial charge in [-0.2, -0.15) is 5.26 Å². The summed E-state index contributed by atoms with van der Waals surface area (Å²) in [5.74, 6) is -11.7. The van der Waals surface area contributed by atoms with Crippen molar-refractivity contribution in [3.05, 3.63) is 58.9 Å². The van der Waals surface area contributed by atoms with Crippen LogP contribution in [0.1, 0.15) is 5.56 Å². The van der Waals surface area contributed by atoms with E-state index < -0.39 is 45.6 Å². The molecular formula is C15H7F5N2OS. The predicted molar refractivity (Wildman–Crippen MR) is 76.7 cm³/mol. The second-order valence-corrected chi connectivity index (χ2v) is 5.41. The van der Waals surface area contributed by atoms with Crippen LogP contribution in [-0.2, 0) is 4.79 Å². The fraction of sp³-hybridized carbons (Fsp3) is 0.0667. The van der Waals surface area contributed by atoms with Crippen molar-refractivity contribution in [1.29, 1.82) is 5.26 Å². The van der Waals surface area contributed by atoms with Crippen molar-refractivity contribution in [3.63, 3.8) is 0 Å². The Hall–Kier alpha value is -2.60. The Labute approximate surface area is 137 Å². The third-order valence-corrected chi connectivity index (χ3v) is 3.85. The molecule has 124 valence electrons. The van der Waals surface area contributed by atoms with Gasteiger partial charge >= 0.3 is 0 Å². The number of nitrogens with one attached hydrogen (secondary N) is 1. The van der Waals surface area contributed by atoms with Crippen molar-refractivity contribution < 1.29 is 26.7 Å². The first-order valence-electron chi connectivity index (χ1n) is 6.29. The van der Waals surface area contributed by atoms with Crippen LogP contribution in [0.4, 0.5) is 27.6 Å². The van der Waals surface area contributed by atoms with Crippen LogP contribution in [0.3, 0.4) is 0 Å². The second-order valence-electron chi connectivity index (χ2n) is 4.43. The lowest BCUT2D eigenvalue weighted by Crippen LogP contribution is -2.15. The van der Waals surface area contributed by atoms with E-state index in [1.165, 1.54) is 24.3 Å². The Bertz CT molecular complexity index is 821. The number of carbonyl (C=O) groups is 1. The van der Waals surface area contributed by atoms with Gasteiger partial charge in [-0.3, -0.25) is 4.79 Å². The number of benzene rings is 2. The maximum absolute atomic E-state index is 13.5. The molecular weight excluding hydrogens is 351 g/mol. The van der Waals surface area contributed by atoms with Crippen LogP contribution in [0.15, 0.2) is 29.2 Å². The van der Waals surface area contributed by atoms with Crippen LogP contribution < -0.4 is 5.32 Å². The first kappa shape index (κ1) is 17.7. The molecule has 0 aliphatic carbocycles. The first-order valence-corrected chi connectivity index (χ1v) is 7.28. The lowest BCUT2D eigenvalue weighted by Gasteiger charge is -2.08. The van der Waals surface area contributed by atoms with Crippen LogP contribution >= 0.6 is 11.8 Å². The molecule has 0 unspecified atom stereocenters. The van der Waals surface area contributed by atoms with Gasteiger partial charge in [-0.25, -0.2) is 22.0 Å². The summed E-state index contributed by atoms with van der Waals surface area (Å²) in [6.07, 6.45) is 0. The van der Waals surface area contributed by atoms with E-state index in [1.54, 1.807) is 0 Å². The number of carbonyl (C=O) groups excluding carboxylic acids is 1. The number of rotatable bonds is 4. The van der Waals surface area contributed by atoms with Crippen molar-refractivity contribution >= 4 is 23.4 Å². The van der Waals surface area contributed by atoms with Crippen LogP contribution in [0.25, 0.3) is 0 Å². The molecule has 0 saturated heterocycles. The molecule has 0 radical (unpaired) electrons. The molecule has 0 heterocycles. The Morgan fingerprint density at radius 1 is 1.04 bits per heavy atom. The molecule has 1 N–H and O–H groups in total. The lowest BCUT2D eigenvalue weighted by atomic mass is 10.2. The van der Waals surface area contributed by atoms with Gasteiger partial charge in [0.1, 0.15) is 0 Å². The molecule has 0 bridgehead atoms. The number of amides is 1. The van der Waals surface area contributed by atoms with Gasteiger partial charge in [0.2, 0.25) is 11.7 Å². The molecule has 2 aromatic rings. The van der Waals surface area contributed by atoms with Crippen molar-refractivity contribution in [2.75, 3.05) is 11.1 Å². The Morgan fingerprint density at radius 2 is 1.62 bits per heavy atom. The molecule has 2 aromatic carbocycles. The van der Waals surface area contributed by atoms with Crippen molar-refractivity contribution in [2.45, 2.75) is 4.90 Å². The molecule has 2 rings (SSSR count). The molecule has 0 aliphatic heterocycles. The van der Waals surface area contributed by atoms with Gasteiger partial charge in [0, 0.05) is 5.69 Å². The van der Waals surface area contributed by atoms with Crippen LogP contribution in [0, 0.1) is 40.4 Å². The first-order chi connectivity index (χ1) is 11.3. The summed E-state index contributed by atoms with van der Waals surface area (Å²) in [4.78, 5) is 10.6. The molecule has 0 atom stereocenters. The van der Waals surface area contributed by atoms with Gasteiger partial charge in [-0.15, -0.1) is 11.8 Å². The van der Waals surface area contributed by atoms with E-state index in [-0.39, 0.29) is 23.0 Å². The van der Waals surface area contributed by atoms with E-state index >= 15 is 0 Å². The zero-order valence-electron chi connectivity index (χ0n) is 11.7. The minimum absolute atomic E-state index is 0.174. The molecule has 3 nitrogen and oxygen atoms in total. The third-order valence-electron chi connectivity index (χ3n) is 2.79. The van der Waals surface area contributed by atoms with E-state index in [9.17, 15) is 26.7 Å². The fourth-order valence-electron chi connectivity index (χ4n) is 1.71. The highest BCUT2D eigenvalue weighted by molar-refractivity contribution is 8.00. The van der Waals surface area contributed by atoms with E-state index in [4.69, 9.17) is 5.26 Å². The minimum Gasteiger partial charge on any atom is -0.325 e. The molecule has 9 heteroatoms. The van der Waals surface area contributed by atoms with E-state index in [0.29, 0.717) is 0 Å². The minimum atomic E-state index is -2.26. The standard InChI is InChI=1S/C15H7F5N2OS/c16-10-11(17)13(19)15(14(20)12(10)18)24-6-9(23)22-8-3-1-2-7(4-8)5-21/h1-4H,6H2,(H,22,23). The smallest absolute Gasteiger partial charge is 0.234 e. The van der Waals surface area contributed by atoms with Crippen LogP contribution in [-0.4, -0.2) is 11.7 Å². The van der Waals surface area contributed by atoms with E-state index in [1.807, 2.05) is 6.07 Å². The molecule has 0 fully saturated rings. The topological polar surface area (TPSA) is 52.9 Å². The van der Waals surface area contributed by atoms with Crippen LogP contribution in [0.5, 0.6) is 0 Å². The van der Waals surface area contributed by atoms with Gasteiger partial charge < -0.3 is 5.32 Å². The average Bonchev–Trinajstić information content (AvgIpc) is 2.58. The van der Waals surface area contributed by atoms with Gasteiger partial charge in [0.05, 0.1) is 22.3 Å². The number of thioether (sulfide) groups is 1. The van der Waals surface area contributed by atoms with E-state index in [0.717, 1.165) is 0 Å². The Morgan fingerprint density at radius 3 is 2.21 bits per heavy atom. The highest BCUT2D eigenvalue weighted by Crippen LogP contribution is 2.30.